The number of halogens is 1. The van der Waals surface area contributed by atoms with Gasteiger partial charge in [-0.05, 0) is 62.7 Å². The van der Waals surface area contributed by atoms with Gasteiger partial charge in [0, 0.05) is 10.0 Å². The second-order valence-corrected chi connectivity index (χ2v) is 7.26. The van der Waals surface area contributed by atoms with E-state index in [1.807, 2.05) is 44.2 Å². The predicted molar refractivity (Wildman–Crippen MR) is 89.5 cm³/mol. The van der Waals surface area contributed by atoms with E-state index in [-0.39, 0.29) is 5.91 Å². The first kappa shape index (κ1) is 16.0. The fourth-order valence-corrected chi connectivity index (χ4v) is 2.25. The summed E-state index contributed by atoms with van der Waals surface area (Å²) in [5.74, 6) is -0.188. The maximum atomic E-state index is 12.4. The molecule has 0 saturated carbocycles. The van der Waals surface area contributed by atoms with Gasteiger partial charge >= 0.3 is 0 Å². The SMILES string of the molecule is CC(C)(O)C(C)(C)NC(=O)c1ccc2cc(Br)ccc2c1. The van der Waals surface area contributed by atoms with Gasteiger partial charge in [0.15, 0.2) is 0 Å². The Bertz CT molecular complexity index is 687. The third kappa shape index (κ3) is 3.44. The molecule has 0 aliphatic rings. The van der Waals surface area contributed by atoms with Crippen LogP contribution < -0.4 is 5.32 Å². The van der Waals surface area contributed by atoms with Gasteiger partial charge < -0.3 is 10.4 Å². The molecule has 2 aromatic carbocycles. The van der Waals surface area contributed by atoms with Gasteiger partial charge in [0.25, 0.3) is 5.91 Å². The highest BCUT2D eigenvalue weighted by atomic mass is 79.9. The van der Waals surface area contributed by atoms with Gasteiger partial charge in [0.2, 0.25) is 0 Å². The predicted octanol–water partition coefficient (Wildman–Crippen LogP) is 3.88. The van der Waals surface area contributed by atoms with Gasteiger partial charge in [-0.1, -0.05) is 28.1 Å². The number of hydrogen-bond donors (Lipinski definition) is 2. The van der Waals surface area contributed by atoms with Crippen LogP contribution in [0.25, 0.3) is 10.8 Å². The fraction of sp³-hybridized carbons (Fsp3) is 0.353. The Morgan fingerprint density at radius 1 is 1.05 bits per heavy atom. The lowest BCUT2D eigenvalue weighted by molar-refractivity contribution is -0.00292. The molecule has 0 unspecified atom stereocenters. The number of carbonyl (C=O) groups is 1. The Morgan fingerprint density at radius 3 is 2.24 bits per heavy atom. The average Bonchev–Trinajstić information content (AvgIpc) is 2.36. The van der Waals surface area contributed by atoms with Crippen molar-refractivity contribution in [1.29, 1.82) is 0 Å². The van der Waals surface area contributed by atoms with Crippen LogP contribution in [0.4, 0.5) is 0 Å². The van der Waals surface area contributed by atoms with Crippen LogP contribution in [0.3, 0.4) is 0 Å². The largest absolute Gasteiger partial charge is 0.388 e. The standard InChI is InChI=1S/C17H20BrNO2/c1-16(2,17(3,4)21)19-15(20)13-6-5-12-10-14(18)8-7-11(12)9-13/h5-10,21H,1-4H3,(H,19,20). The smallest absolute Gasteiger partial charge is 0.251 e. The number of fused-ring (bicyclic) bond motifs is 1. The van der Waals surface area contributed by atoms with Crippen LogP contribution in [0.5, 0.6) is 0 Å². The molecule has 2 aromatic rings. The number of amides is 1. The van der Waals surface area contributed by atoms with E-state index in [1.54, 1.807) is 19.9 Å². The molecule has 21 heavy (non-hydrogen) atoms. The number of benzene rings is 2. The van der Waals surface area contributed by atoms with Crippen molar-refractivity contribution in [3.8, 4) is 0 Å². The van der Waals surface area contributed by atoms with Crippen LogP contribution in [-0.2, 0) is 0 Å². The molecule has 112 valence electrons. The highest BCUT2D eigenvalue weighted by Gasteiger charge is 2.36. The van der Waals surface area contributed by atoms with Crippen molar-refractivity contribution < 1.29 is 9.90 Å². The molecule has 0 fully saturated rings. The third-order valence-corrected chi connectivity index (χ3v) is 4.51. The van der Waals surface area contributed by atoms with E-state index in [0.29, 0.717) is 5.56 Å². The quantitative estimate of drug-likeness (QED) is 0.883. The highest BCUT2D eigenvalue weighted by molar-refractivity contribution is 9.10. The van der Waals surface area contributed by atoms with E-state index in [1.165, 1.54) is 0 Å². The molecule has 0 atom stereocenters. The zero-order valence-corrected chi connectivity index (χ0v) is 14.3. The molecule has 0 spiro atoms. The molecule has 2 rings (SSSR count). The minimum atomic E-state index is -1.01. The molecule has 0 heterocycles. The summed E-state index contributed by atoms with van der Waals surface area (Å²) < 4.78 is 1.01. The van der Waals surface area contributed by atoms with Crippen molar-refractivity contribution in [3.05, 3.63) is 46.4 Å². The summed E-state index contributed by atoms with van der Waals surface area (Å²) in [5, 5.41) is 15.1. The normalized spacial score (nSPS) is 12.5. The highest BCUT2D eigenvalue weighted by Crippen LogP contribution is 2.23. The van der Waals surface area contributed by atoms with Crippen LogP contribution in [0, 0.1) is 0 Å². The lowest BCUT2D eigenvalue weighted by Crippen LogP contribution is -2.57. The molecular weight excluding hydrogens is 330 g/mol. The molecule has 3 nitrogen and oxygen atoms in total. The number of carbonyl (C=O) groups excluding carboxylic acids is 1. The number of aliphatic hydroxyl groups is 1. The molecule has 0 radical (unpaired) electrons. The molecule has 0 saturated heterocycles. The first-order chi connectivity index (χ1) is 9.60. The second kappa shape index (κ2) is 5.43. The Labute approximate surface area is 133 Å². The number of rotatable bonds is 3. The summed E-state index contributed by atoms with van der Waals surface area (Å²) >= 11 is 3.43. The van der Waals surface area contributed by atoms with Gasteiger partial charge in [0.05, 0.1) is 11.1 Å². The molecule has 0 bridgehead atoms. The Balaban J connectivity index is 2.30. The number of hydrogen-bond acceptors (Lipinski definition) is 2. The van der Waals surface area contributed by atoms with Crippen LogP contribution >= 0.6 is 15.9 Å². The summed E-state index contributed by atoms with van der Waals surface area (Å²) in [6.07, 6.45) is 0. The van der Waals surface area contributed by atoms with Crippen molar-refractivity contribution >= 4 is 32.6 Å². The van der Waals surface area contributed by atoms with Gasteiger partial charge in [-0.2, -0.15) is 0 Å². The number of nitrogens with one attached hydrogen (secondary N) is 1. The van der Waals surface area contributed by atoms with Gasteiger partial charge in [-0.3, -0.25) is 4.79 Å². The third-order valence-electron chi connectivity index (χ3n) is 4.02. The van der Waals surface area contributed by atoms with Crippen molar-refractivity contribution in [2.75, 3.05) is 0 Å². The molecule has 2 N–H and O–H groups in total. The summed E-state index contributed by atoms with van der Waals surface area (Å²) in [7, 11) is 0. The fourth-order valence-electron chi connectivity index (χ4n) is 1.87. The maximum absolute atomic E-state index is 12.4. The van der Waals surface area contributed by atoms with Gasteiger partial charge in [-0.15, -0.1) is 0 Å². The van der Waals surface area contributed by atoms with Crippen LogP contribution in [0.1, 0.15) is 38.1 Å². The first-order valence-corrected chi connectivity index (χ1v) is 7.64. The summed E-state index contributed by atoms with van der Waals surface area (Å²) in [5.41, 5.74) is -1.15. The van der Waals surface area contributed by atoms with Gasteiger partial charge in [-0.25, -0.2) is 0 Å². The zero-order chi connectivity index (χ0) is 15.8. The van der Waals surface area contributed by atoms with E-state index in [2.05, 4.69) is 21.2 Å². The summed E-state index contributed by atoms with van der Waals surface area (Å²) in [6.45, 7) is 6.99. The van der Waals surface area contributed by atoms with E-state index in [0.717, 1.165) is 15.2 Å². The molecular formula is C17H20BrNO2. The minimum absolute atomic E-state index is 0.188. The maximum Gasteiger partial charge on any atom is 0.251 e. The van der Waals surface area contributed by atoms with Gasteiger partial charge in [0.1, 0.15) is 0 Å². The Morgan fingerprint density at radius 2 is 1.62 bits per heavy atom. The summed E-state index contributed by atoms with van der Waals surface area (Å²) in [4.78, 5) is 12.4. The monoisotopic (exact) mass is 349 g/mol. The zero-order valence-electron chi connectivity index (χ0n) is 12.7. The van der Waals surface area contributed by atoms with E-state index < -0.39 is 11.1 Å². The van der Waals surface area contributed by atoms with Crippen LogP contribution in [0.15, 0.2) is 40.9 Å². The molecule has 0 aromatic heterocycles. The van der Waals surface area contributed by atoms with Crippen LogP contribution in [-0.4, -0.2) is 22.2 Å². The Kier molecular flexibility index (Phi) is 4.13. The van der Waals surface area contributed by atoms with E-state index >= 15 is 0 Å². The molecule has 0 aliphatic carbocycles. The first-order valence-electron chi connectivity index (χ1n) is 6.84. The average molecular weight is 350 g/mol. The van der Waals surface area contributed by atoms with Crippen molar-refractivity contribution in [1.82, 2.24) is 5.32 Å². The van der Waals surface area contributed by atoms with E-state index in [4.69, 9.17) is 0 Å². The molecule has 4 heteroatoms. The topological polar surface area (TPSA) is 49.3 Å². The van der Waals surface area contributed by atoms with E-state index in [9.17, 15) is 9.90 Å². The molecule has 0 aliphatic heterocycles. The summed E-state index contributed by atoms with van der Waals surface area (Å²) in [6, 6.07) is 11.5. The van der Waals surface area contributed by atoms with Crippen LogP contribution in [0.2, 0.25) is 0 Å². The second-order valence-electron chi connectivity index (χ2n) is 6.34. The minimum Gasteiger partial charge on any atom is -0.388 e. The van der Waals surface area contributed by atoms with Crippen molar-refractivity contribution in [2.45, 2.75) is 38.8 Å². The lowest BCUT2D eigenvalue weighted by Gasteiger charge is -2.38. The van der Waals surface area contributed by atoms with Crippen molar-refractivity contribution in [2.24, 2.45) is 0 Å². The Hall–Kier alpha value is -1.39. The lowest BCUT2D eigenvalue weighted by atomic mass is 9.85. The van der Waals surface area contributed by atoms with Crippen molar-refractivity contribution in [3.63, 3.8) is 0 Å². The molecule has 1 amide bonds.